The summed E-state index contributed by atoms with van der Waals surface area (Å²) in [5.74, 6) is 0.702. The van der Waals surface area contributed by atoms with E-state index in [-0.39, 0.29) is 6.10 Å². The zero-order chi connectivity index (χ0) is 10.8. The molecule has 80 valence electrons. The quantitative estimate of drug-likeness (QED) is 0.810. The molecule has 1 saturated carbocycles. The molecule has 1 aromatic carbocycles. The maximum atomic E-state index is 11.1. The highest BCUT2D eigenvalue weighted by molar-refractivity contribution is 5.95. The van der Waals surface area contributed by atoms with Gasteiger partial charge in [-0.1, -0.05) is 0 Å². The maximum Gasteiger partial charge on any atom is 0.252 e. The van der Waals surface area contributed by atoms with Gasteiger partial charge in [-0.05, 0) is 25.0 Å². The second kappa shape index (κ2) is 3.81. The Morgan fingerprint density at radius 3 is 2.73 bits per heavy atom. The minimum absolute atomic E-state index is 0.232. The van der Waals surface area contributed by atoms with Crippen molar-refractivity contribution >= 4 is 5.91 Å². The molecule has 0 radical (unpaired) electrons. The van der Waals surface area contributed by atoms with E-state index >= 15 is 0 Å². The highest BCUT2D eigenvalue weighted by atomic mass is 16.5. The van der Waals surface area contributed by atoms with E-state index in [9.17, 15) is 4.79 Å². The summed E-state index contributed by atoms with van der Waals surface area (Å²) in [6.07, 6.45) is 2.31. The zero-order valence-corrected chi connectivity index (χ0v) is 8.53. The molecule has 0 heterocycles. The molecule has 0 bridgehead atoms. The fourth-order valence-electron chi connectivity index (χ4n) is 1.30. The number of benzene rings is 1. The Kier molecular flexibility index (Phi) is 2.49. The summed E-state index contributed by atoms with van der Waals surface area (Å²) in [6, 6.07) is 5.01. The van der Waals surface area contributed by atoms with Crippen molar-refractivity contribution in [2.45, 2.75) is 18.9 Å². The Labute approximate surface area is 88.0 Å². The standard InChI is InChI=1S/C11H13NO3/c1-14-8-4-5-9(11(12)13)10(6-8)15-7-2-3-7/h4-7H,2-3H2,1H3,(H2,12,13). The van der Waals surface area contributed by atoms with Gasteiger partial charge in [0.1, 0.15) is 11.5 Å². The zero-order valence-electron chi connectivity index (χ0n) is 8.53. The number of carbonyl (C=O) groups excluding carboxylic acids is 1. The van der Waals surface area contributed by atoms with E-state index in [4.69, 9.17) is 15.2 Å². The van der Waals surface area contributed by atoms with Gasteiger partial charge < -0.3 is 15.2 Å². The molecule has 1 fully saturated rings. The van der Waals surface area contributed by atoms with Gasteiger partial charge in [-0.2, -0.15) is 0 Å². The number of methoxy groups -OCH3 is 1. The Bertz CT molecular complexity index is 385. The van der Waals surface area contributed by atoms with Gasteiger partial charge in [0.05, 0.1) is 18.8 Å². The van der Waals surface area contributed by atoms with Gasteiger partial charge in [-0.15, -0.1) is 0 Å². The van der Waals surface area contributed by atoms with E-state index in [0.717, 1.165) is 12.8 Å². The van der Waals surface area contributed by atoms with Crippen molar-refractivity contribution in [2.75, 3.05) is 7.11 Å². The Balaban J connectivity index is 2.30. The molecule has 0 spiro atoms. The van der Waals surface area contributed by atoms with Crippen molar-refractivity contribution in [3.05, 3.63) is 23.8 Å². The van der Waals surface area contributed by atoms with Crippen LogP contribution < -0.4 is 15.2 Å². The third kappa shape index (κ3) is 2.21. The van der Waals surface area contributed by atoms with Crippen LogP contribution in [0.1, 0.15) is 23.2 Å². The van der Waals surface area contributed by atoms with Gasteiger partial charge in [-0.25, -0.2) is 0 Å². The van der Waals surface area contributed by atoms with E-state index in [1.807, 2.05) is 0 Å². The number of carbonyl (C=O) groups is 1. The molecule has 1 aliphatic carbocycles. The number of rotatable bonds is 4. The maximum absolute atomic E-state index is 11.1. The van der Waals surface area contributed by atoms with Crippen LogP contribution in [0.15, 0.2) is 18.2 Å². The average Bonchev–Trinajstić information content (AvgIpc) is 3.01. The lowest BCUT2D eigenvalue weighted by Gasteiger charge is -2.10. The van der Waals surface area contributed by atoms with Crippen LogP contribution >= 0.6 is 0 Å². The van der Waals surface area contributed by atoms with Crippen molar-refractivity contribution in [1.29, 1.82) is 0 Å². The average molecular weight is 207 g/mol. The number of ether oxygens (including phenoxy) is 2. The summed E-state index contributed by atoms with van der Waals surface area (Å²) < 4.78 is 10.6. The molecule has 2 N–H and O–H groups in total. The first-order valence-electron chi connectivity index (χ1n) is 4.85. The van der Waals surface area contributed by atoms with Crippen molar-refractivity contribution in [3.8, 4) is 11.5 Å². The fourth-order valence-corrected chi connectivity index (χ4v) is 1.30. The molecule has 2 rings (SSSR count). The van der Waals surface area contributed by atoms with Crippen LogP contribution in [0.2, 0.25) is 0 Å². The highest BCUT2D eigenvalue weighted by Gasteiger charge is 2.25. The van der Waals surface area contributed by atoms with Gasteiger partial charge in [0, 0.05) is 6.07 Å². The molecular weight excluding hydrogens is 194 g/mol. The van der Waals surface area contributed by atoms with E-state index < -0.39 is 5.91 Å². The monoisotopic (exact) mass is 207 g/mol. The summed E-state index contributed by atoms with van der Waals surface area (Å²) in [6.45, 7) is 0. The third-order valence-electron chi connectivity index (χ3n) is 2.27. The molecule has 4 nitrogen and oxygen atoms in total. The van der Waals surface area contributed by atoms with Gasteiger partial charge >= 0.3 is 0 Å². The minimum atomic E-state index is -0.478. The number of amides is 1. The van der Waals surface area contributed by atoms with Crippen LogP contribution in [-0.4, -0.2) is 19.1 Å². The molecule has 1 aromatic rings. The van der Waals surface area contributed by atoms with Gasteiger partial charge in [0.15, 0.2) is 0 Å². The first-order valence-corrected chi connectivity index (χ1v) is 4.85. The Morgan fingerprint density at radius 2 is 2.20 bits per heavy atom. The molecule has 0 unspecified atom stereocenters. The van der Waals surface area contributed by atoms with Crippen molar-refractivity contribution < 1.29 is 14.3 Å². The number of hydrogen-bond donors (Lipinski definition) is 1. The topological polar surface area (TPSA) is 61.5 Å². The van der Waals surface area contributed by atoms with Gasteiger partial charge in [-0.3, -0.25) is 4.79 Å². The summed E-state index contributed by atoms with van der Waals surface area (Å²) >= 11 is 0. The van der Waals surface area contributed by atoms with Crippen LogP contribution in [-0.2, 0) is 0 Å². The smallest absolute Gasteiger partial charge is 0.252 e. The number of primary amides is 1. The van der Waals surface area contributed by atoms with Crippen LogP contribution in [0.4, 0.5) is 0 Å². The van der Waals surface area contributed by atoms with Crippen molar-refractivity contribution in [1.82, 2.24) is 0 Å². The normalized spacial score (nSPS) is 14.7. The number of hydrogen-bond acceptors (Lipinski definition) is 3. The fraction of sp³-hybridized carbons (Fsp3) is 0.364. The van der Waals surface area contributed by atoms with Crippen LogP contribution in [0, 0.1) is 0 Å². The number of nitrogens with two attached hydrogens (primary N) is 1. The highest BCUT2D eigenvalue weighted by Crippen LogP contribution is 2.31. The first kappa shape index (κ1) is 9.83. The van der Waals surface area contributed by atoms with E-state index in [1.54, 1.807) is 25.3 Å². The van der Waals surface area contributed by atoms with Crippen LogP contribution in [0.3, 0.4) is 0 Å². The largest absolute Gasteiger partial charge is 0.497 e. The predicted octanol–water partition coefficient (Wildman–Crippen LogP) is 1.34. The first-order chi connectivity index (χ1) is 7.20. The summed E-state index contributed by atoms with van der Waals surface area (Å²) in [5, 5.41) is 0. The summed E-state index contributed by atoms with van der Waals surface area (Å²) in [5.41, 5.74) is 5.65. The van der Waals surface area contributed by atoms with Gasteiger partial charge in [0.2, 0.25) is 0 Å². The van der Waals surface area contributed by atoms with Crippen molar-refractivity contribution in [3.63, 3.8) is 0 Å². The molecule has 0 atom stereocenters. The lowest BCUT2D eigenvalue weighted by molar-refractivity contribution is 0.0996. The second-order valence-electron chi connectivity index (χ2n) is 3.54. The molecule has 0 aliphatic heterocycles. The van der Waals surface area contributed by atoms with E-state index in [1.165, 1.54) is 0 Å². The Hall–Kier alpha value is -1.71. The summed E-state index contributed by atoms with van der Waals surface area (Å²) in [4.78, 5) is 11.1. The van der Waals surface area contributed by atoms with Crippen LogP contribution in [0.25, 0.3) is 0 Å². The third-order valence-corrected chi connectivity index (χ3v) is 2.27. The molecular formula is C11H13NO3. The summed E-state index contributed by atoms with van der Waals surface area (Å²) in [7, 11) is 1.57. The molecule has 0 saturated heterocycles. The van der Waals surface area contributed by atoms with Crippen LogP contribution in [0.5, 0.6) is 11.5 Å². The lowest BCUT2D eigenvalue weighted by Crippen LogP contribution is -2.13. The van der Waals surface area contributed by atoms with Crippen molar-refractivity contribution in [2.24, 2.45) is 5.73 Å². The molecule has 4 heteroatoms. The Morgan fingerprint density at radius 1 is 1.47 bits per heavy atom. The minimum Gasteiger partial charge on any atom is -0.497 e. The molecule has 1 amide bonds. The molecule has 1 aliphatic rings. The van der Waals surface area contributed by atoms with E-state index in [0.29, 0.717) is 17.1 Å². The van der Waals surface area contributed by atoms with Gasteiger partial charge in [0.25, 0.3) is 5.91 Å². The lowest BCUT2D eigenvalue weighted by atomic mass is 10.2. The molecule has 0 aromatic heterocycles. The molecule has 15 heavy (non-hydrogen) atoms. The SMILES string of the molecule is COc1ccc(C(N)=O)c(OC2CC2)c1. The predicted molar refractivity (Wildman–Crippen MR) is 55.2 cm³/mol. The van der Waals surface area contributed by atoms with E-state index in [2.05, 4.69) is 0 Å². The second-order valence-corrected chi connectivity index (χ2v) is 3.54.